The number of carboxylic acid groups (broad SMARTS) is 1. The van der Waals surface area contributed by atoms with E-state index in [9.17, 15) is 19.5 Å². The van der Waals surface area contributed by atoms with Crippen molar-refractivity contribution in [2.75, 3.05) is 19.8 Å². The molecule has 196 valence electrons. The molecule has 4 N–H and O–H groups in total. The van der Waals surface area contributed by atoms with Crippen molar-refractivity contribution in [1.82, 2.24) is 10.2 Å². The van der Waals surface area contributed by atoms with E-state index in [1.165, 1.54) is 0 Å². The van der Waals surface area contributed by atoms with Crippen molar-refractivity contribution in [3.05, 3.63) is 94.5 Å². The maximum Gasteiger partial charge on any atom is 0.335 e. The Morgan fingerprint density at radius 2 is 1.79 bits per heavy atom. The molecule has 0 radical (unpaired) electrons. The summed E-state index contributed by atoms with van der Waals surface area (Å²) in [6, 6.07) is 20.0. The number of benzene rings is 3. The molecule has 1 heterocycles. The topological polar surface area (TPSA) is 122 Å². The summed E-state index contributed by atoms with van der Waals surface area (Å²) < 4.78 is 5.69. The Bertz CT molecular complexity index is 1380. The SMILES string of the molecule is Cc1cc(C(N)=O)ccc1-c1cccc(CN2CCOC[C@@H]2C(=O)NC2(c3ccc(C(=O)O)cc3)CC2)c1. The van der Waals surface area contributed by atoms with E-state index < -0.39 is 23.5 Å². The average Bonchev–Trinajstić information content (AvgIpc) is 3.69. The van der Waals surface area contributed by atoms with E-state index in [2.05, 4.69) is 16.3 Å². The van der Waals surface area contributed by atoms with E-state index in [-0.39, 0.29) is 11.5 Å². The second kappa shape index (κ2) is 10.4. The van der Waals surface area contributed by atoms with E-state index in [1.807, 2.05) is 31.2 Å². The number of nitrogens with one attached hydrogen (secondary N) is 1. The first-order chi connectivity index (χ1) is 18.3. The number of carbonyl (C=O) groups excluding carboxylic acids is 2. The summed E-state index contributed by atoms with van der Waals surface area (Å²) in [6.45, 7) is 4.05. The Labute approximate surface area is 221 Å². The van der Waals surface area contributed by atoms with Crippen LogP contribution in [0.3, 0.4) is 0 Å². The number of hydrogen-bond donors (Lipinski definition) is 3. The van der Waals surface area contributed by atoms with Crippen LogP contribution >= 0.6 is 0 Å². The molecule has 1 atom stereocenters. The fraction of sp³-hybridized carbons (Fsp3) is 0.300. The molecular formula is C30H31N3O5. The monoisotopic (exact) mass is 513 g/mol. The maximum atomic E-state index is 13.5. The molecule has 3 aromatic carbocycles. The van der Waals surface area contributed by atoms with Crippen molar-refractivity contribution >= 4 is 17.8 Å². The normalized spacial score (nSPS) is 18.5. The number of amides is 2. The minimum atomic E-state index is -0.970. The van der Waals surface area contributed by atoms with Gasteiger partial charge in [-0.25, -0.2) is 4.79 Å². The molecule has 0 bridgehead atoms. The van der Waals surface area contributed by atoms with Crippen LogP contribution in [0.2, 0.25) is 0 Å². The zero-order chi connectivity index (χ0) is 26.9. The fourth-order valence-corrected chi connectivity index (χ4v) is 5.14. The minimum absolute atomic E-state index is 0.0847. The molecule has 0 spiro atoms. The Kier molecular flexibility index (Phi) is 7.01. The van der Waals surface area contributed by atoms with Crippen molar-refractivity contribution in [1.29, 1.82) is 0 Å². The van der Waals surface area contributed by atoms with Gasteiger partial charge in [-0.2, -0.15) is 0 Å². The van der Waals surface area contributed by atoms with Crippen molar-refractivity contribution in [2.24, 2.45) is 5.73 Å². The highest BCUT2D eigenvalue weighted by Gasteiger charge is 2.47. The van der Waals surface area contributed by atoms with Gasteiger partial charge in [0.05, 0.1) is 24.3 Å². The highest BCUT2D eigenvalue weighted by atomic mass is 16.5. The van der Waals surface area contributed by atoms with Gasteiger partial charge in [0.15, 0.2) is 0 Å². The molecule has 3 aromatic rings. The van der Waals surface area contributed by atoms with Crippen LogP contribution in [0.5, 0.6) is 0 Å². The molecular weight excluding hydrogens is 482 g/mol. The van der Waals surface area contributed by atoms with E-state index in [4.69, 9.17) is 10.5 Å². The summed E-state index contributed by atoms with van der Waals surface area (Å²) in [5, 5.41) is 12.4. The highest BCUT2D eigenvalue weighted by Crippen LogP contribution is 2.45. The number of morpholine rings is 1. The summed E-state index contributed by atoms with van der Waals surface area (Å²) in [5.41, 5.74) is 10.7. The van der Waals surface area contributed by atoms with Gasteiger partial charge in [-0.1, -0.05) is 36.4 Å². The lowest BCUT2D eigenvalue weighted by atomic mass is 9.96. The third kappa shape index (κ3) is 5.32. The molecule has 5 rings (SSSR count). The quantitative estimate of drug-likeness (QED) is 0.424. The van der Waals surface area contributed by atoms with Gasteiger partial charge in [-0.05, 0) is 77.9 Å². The molecule has 2 fully saturated rings. The van der Waals surface area contributed by atoms with Crippen molar-refractivity contribution in [2.45, 2.75) is 37.9 Å². The van der Waals surface area contributed by atoms with Gasteiger partial charge in [0, 0.05) is 18.7 Å². The molecule has 2 amide bonds. The van der Waals surface area contributed by atoms with Crippen molar-refractivity contribution in [3.63, 3.8) is 0 Å². The maximum absolute atomic E-state index is 13.5. The number of aryl methyl sites for hydroxylation is 1. The van der Waals surface area contributed by atoms with Crippen LogP contribution < -0.4 is 11.1 Å². The van der Waals surface area contributed by atoms with Crippen LogP contribution in [0.25, 0.3) is 11.1 Å². The molecule has 1 saturated carbocycles. The molecule has 2 aliphatic rings. The number of nitrogens with zero attached hydrogens (tertiary/aromatic N) is 1. The molecule has 38 heavy (non-hydrogen) atoms. The zero-order valence-corrected chi connectivity index (χ0v) is 21.3. The van der Waals surface area contributed by atoms with E-state index in [0.29, 0.717) is 31.9 Å². The fourth-order valence-electron chi connectivity index (χ4n) is 5.14. The summed E-state index contributed by atoms with van der Waals surface area (Å²) in [6.07, 6.45) is 1.63. The summed E-state index contributed by atoms with van der Waals surface area (Å²) in [5.74, 6) is -1.50. The van der Waals surface area contributed by atoms with Crippen LogP contribution in [0, 0.1) is 6.92 Å². The number of carbonyl (C=O) groups is 3. The van der Waals surface area contributed by atoms with Gasteiger partial charge in [0.1, 0.15) is 6.04 Å². The molecule has 8 nitrogen and oxygen atoms in total. The van der Waals surface area contributed by atoms with E-state index in [0.717, 1.165) is 40.7 Å². The summed E-state index contributed by atoms with van der Waals surface area (Å²) in [7, 11) is 0. The van der Waals surface area contributed by atoms with Crippen LogP contribution in [0.1, 0.15) is 50.2 Å². The van der Waals surface area contributed by atoms with Crippen molar-refractivity contribution in [3.8, 4) is 11.1 Å². The van der Waals surface area contributed by atoms with Gasteiger partial charge in [0.2, 0.25) is 11.8 Å². The predicted molar refractivity (Wildman–Crippen MR) is 143 cm³/mol. The number of nitrogens with two attached hydrogens (primary N) is 1. The largest absolute Gasteiger partial charge is 0.478 e. The minimum Gasteiger partial charge on any atom is -0.478 e. The van der Waals surface area contributed by atoms with Gasteiger partial charge >= 0.3 is 5.97 Å². The Balaban J connectivity index is 1.30. The lowest BCUT2D eigenvalue weighted by Crippen LogP contribution is -2.55. The molecule has 1 saturated heterocycles. The molecule has 1 aliphatic carbocycles. The van der Waals surface area contributed by atoms with Gasteiger partial charge in [-0.15, -0.1) is 0 Å². The predicted octanol–water partition coefficient (Wildman–Crippen LogP) is 3.47. The van der Waals surface area contributed by atoms with E-state index in [1.54, 1.807) is 36.4 Å². The third-order valence-corrected chi connectivity index (χ3v) is 7.47. The highest BCUT2D eigenvalue weighted by molar-refractivity contribution is 5.93. The van der Waals surface area contributed by atoms with Gasteiger partial charge < -0.3 is 20.9 Å². The smallest absolute Gasteiger partial charge is 0.335 e. The average molecular weight is 514 g/mol. The number of carboxylic acids is 1. The van der Waals surface area contributed by atoms with Crippen molar-refractivity contribution < 1.29 is 24.2 Å². The molecule has 0 aromatic heterocycles. The molecule has 0 unspecified atom stereocenters. The first-order valence-corrected chi connectivity index (χ1v) is 12.7. The van der Waals surface area contributed by atoms with Crippen LogP contribution in [0.4, 0.5) is 0 Å². The van der Waals surface area contributed by atoms with E-state index >= 15 is 0 Å². The standard InChI is InChI=1S/C30H31N3O5/c1-19-15-23(27(31)34)7-10-25(19)22-4-2-3-20(16-22)17-33-13-14-38-18-26(33)28(35)32-30(11-12-30)24-8-5-21(6-9-24)29(36)37/h2-10,15-16,26H,11-14,17-18H2,1H3,(H2,31,34)(H,32,35)(H,36,37)/t26-/m1/s1. The summed E-state index contributed by atoms with van der Waals surface area (Å²) >= 11 is 0. The second-order valence-corrected chi connectivity index (χ2v) is 10.1. The zero-order valence-electron chi connectivity index (χ0n) is 21.3. The Morgan fingerprint density at radius 1 is 1.05 bits per heavy atom. The number of hydrogen-bond acceptors (Lipinski definition) is 5. The number of rotatable bonds is 8. The Morgan fingerprint density at radius 3 is 2.45 bits per heavy atom. The first kappa shape index (κ1) is 25.6. The number of aromatic carboxylic acids is 1. The molecule has 1 aliphatic heterocycles. The van der Waals surface area contributed by atoms with Crippen LogP contribution in [0.15, 0.2) is 66.7 Å². The third-order valence-electron chi connectivity index (χ3n) is 7.47. The molecule has 8 heteroatoms. The van der Waals surface area contributed by atoms with Crippen LogP contribution in [-0.2, 0) is 21.6 Å². The Hall–Kier alpha value is -4.01. The lowest BCUT2D eigenvalue weighted by molar-refractivity contribution is -0.134. The summed E-state index contributed by atoms with van der Waals surface area (Å²) in [4.78, 5) is 38.3. The van der Waals surface area contributed by atoms with Crippen LogP contribution in [-0.4, -0.2) is 53.6 Å². The lowest BCUT2D eigenvalue weighted by Gasteiger charge is -2.35. The number of primary amides is 1. The van der Waals surface area contributed by atoms with Gasteiger partial charge in [0.25, 0.3) is 0 Å². The second-order valence-electron chi connectivity index (χ2n) is 10.1. The van der Waals surface area contributed by atoms with Gasteiger partial charge in [-0.3, -0.25) is 14.5 Å². The first-order valence-electron chi connectivity index (χ1n) is 12.7. The number of ether oxygens (including phenoxy) is 1.